The number of halogens is 1. The summed E-state index contributed by atoms with van der Waals surface area (Å²) in [4.78, 5) is 44.8. The fourth-order valence-corrected chi connectivity index (χ4v) is 1.52. The van der Waals surface area contributed by atoms with Gasteiger partial charge in [0, 0.05) is 12.8 Å². The number of nitrogens with one attached hydrogen (secondary N) is 1. The van der Waals surface area contributed by atoms with Crippen LogP contribution in [0.5, 0.6) is 0 Å². The van der Waals surface area contributed by atoms with Gasteiger partial charge in [-0.05, 0) is 0 Å². The number of hydrogen-bond acceptors (Lipinski definition) is 5. The summed E-state index contributed by atoms with van der Waals surface area (Å²) >= 11 is 1.73. The molecule has 0 saturated carbocycles. The molecule has 3 amide bonds. The quantitative estimate of drug-likeness (QED) is 0.354. The molecule has 1 aliphatic rings. The molecule has 0 aromatic heterocycles. The van der Waals surface area contributed by atoms with Gasteiger partial charge in [0.15, 0.2) is 6.17 Å². The van der Waals surface area contributed by atoms with Gasteiger partial charge in [-0.3, -0.25) is 19.3 Å². The van der Waals surface area contributed by atoms with Gasteiger partial charge in [-0.15, -0.1) is 0 Å². The first kappa shape index (κ1) is 12.9. The minimum absolute atomic E-state index is 0.0256. The summed E-state index contributed by atoms with van der Waals surface area (Å²) in [5, 5.41) is 12.8. The van der Waals surface area contributed by atoms with Crippen LogP contribution in [0, 0.1) is 0 Å². The second kappa shape index (κ2) is 5.23. The maximum absolute atomic E-state index is 11.3. The number of hydrogen-bond donors (Lipinski definition) is 1. The zero-order chi connectivity index (χ0) is 12.3. The van der Waals surface area contributed by atoms with Crippen molar-refractivity contribution in [3.8, 4) is 0 Å². The van der Waals surface area contributed by atoms with Gasteiger partial charge in [0.2, 0.25) is 17.7 Å². The van der Waals surface area contributed by atoms with Crippen molar-refractivity contribution in [2.24, 2.45) is 0 Å². The largest absolute Gasteiger partial charge is 0.546 e. The lowest BCUT2D eigenvalue weighted by atomic mass is 10.4. The van der Waals surface area contributed by atoms with Crippen molar-refractivity contribution < 1.29 is 24.3 Å². The Labute approximate surface area is 104 Å². The molecule has 7 nitrogen and oxygen atoms in total. The number of aliphatic carboxylic acids is 1. The third kappa shape index (κ3) is 2.68. The smallest absolute Gasteiger partial charge is 0.231 e. The Morgan fingerprint density at radius 1 is 1.38 bits per heavy atom. The Kier molecular flexibility index (Phi) is 4.21. The molecule has 1 heterocycles. The van der Waals surface area contributed by atoms with Gasteiger partial charge in [0.25, 0.3) is 0 Å². The highest BCUT2D eigenvalue weighted by atomic mass is 127. The van der Waals surface area contributed by atoms with Gasteiger partial charge >= 0.3 is 0 Å². The average molecular weight is 339 g/mol. The molecule has 1 saturated heterocycles. The molecular weight excluding hydrogens is 331 g/mol. The molecule has 16 heavy (non-hydrogen) atoms. The number of amides is 3. The van der Waals surface area contributed by atoms with E-state index in [0.29, 0.717) is 4.90 Å². The number of rotatable bonds is 4. The van der Waals surface area contributed by atoms with Crippen LogP contribution in [0.25, 0.3) is 0 Å². The van der Waals surface area contributed by atoms with Gasteiger partial charge < -0.3 is 15.2 Å². The van der Waals surface area contributed by atoms with E-state index in [9.17, 15) is 24.3 Å². The van der Waals surface area contributed by atoms with Crippen LogP contribution < -0.4 is 10.4 Å². The predicted molar refractivity (Wildman–Crippen MR) is 56.9 cm³/mol. The Balaban J connectivity index is 2.85. The number of likely N-dealkylation sites (tertiary alicyclic amines) is 1. The van der Waals surface area contributed by atoms with Gasteiger partial charge in [-0.25, -0.2) is 0 Å². The van der Waals surface area contributed by atoms with Gasteiger partial charge in [0.05, 0.1) is 10.4 Å². The number of carbonyl (C=O) groups is 4. The monoisotopic (exact) mass is 339 g/mol. The lowest BCUT2D eigenvalue weighted by molar-refractivity contribution is -0.311. The topological polar surface area (TPSA) is 107 Å². The van der Waals surface area contributed by atoms with Crippen LogP contribution in [0.1, 0.15) is 12.8 Å². The summed E-state index contributed by atoms with van der Waals surface area (Å²) < 4.78 is 0.0256. The van der Waals surface area contributed by atoms with E-state index in [0.717, 1.165) is 0 Å². The van der Waals surface area contributed by atoms with Gasteiger partial charge in [0.1, 0.15) is 0 Å². The fourth-order valence-electron chi connectivity index (χ4n) is 1.30. The van der Waals surface area contributed by atoms with Crippen molar-refractivity contribution in [2.75, 3.05) is 4.43 Å². The fraction of sp³-hybridized carbons (Fsp3) is 0.500. The molecule has 88 valence electrons. The second-order valence-electron chi connectivity index (χ2n) is 3.08. The van der Waals surface area contributed by atoms with E-state index in [2.05, 4.69) is 0 Å². The van der Waals surface area contributed by atoms with Crippen LogP contribution in [0.15, 0.2) is 0 Å². The van der Waals surface area contributed by atoms with Crippen LogP contribution in [0.2, 0.25) is 0 Å². The molecule has 0 aromatic carbocycles. The number of nitrogens with zero attached hydrogens (tertiary/aromatic N) is 1. The third-order valence-electron chi connectivity index (χ3n) is 1.99. The first-order valence-electron chi connectivity index (χ1n) is 4.38. The summed E-state index contributed by atoms with van der Waals surface area (Å²) in [5.74, 6) is -3.50. The molecular formula is C8H8IN2O5-. The molecule has 0 radical (unpaired) electrons. The zero-order valence-electron chi connectivity index (χ0n) is 8.07. The van der Waals surface area contributed by atoms with Crippen LogP contribution in [-0.2, 0) is 19.2 Å². The van der Waals surface area contributed by atoms with E-state index in [-0.39, 0.29) is 17.3 Å². The van der Waals surface area contributed by atoms with Crippen molar-refractivity contribution in [1.29, 1.82) is 0 Å². The van der Waals surface area contributed by atoms with Crippen LogP contribution in [0.4, 0.5) is 0 Å². The van der Waals surface area contributed by atoms with Crippen molar-refractivity contribution >= 4 is 46.3 Å². The SMILES string of the molecule is O=C(CI)NC(C(=O)[O-])N1C(=O)CCC1=O. The van der Waals surface area contributed by atoms with Crippen LogP contribution in [0.3, 0.4) is 0 Å². The maximum Gasteiger partial charge on any atom is 0.231 e. The minimum Gasteiger partial charge on any atom is -0.546 e. The predicted octanol–water partition coefficient (Wildman–Crippen LogP) is -2.24. The molecule has 1 unspecified atom stereocenters. The number of carbonyl (C=O) groups excluding carboxylic acids is 4. The molecule has 1 fully saturated rings. The standard InChI is InChI=1S/C8H9IN2O5/c9-3-4(12)10-7(8(15)16)11-5(13)1-2-6(11)14/h7H,1-3H2,(H,10,12)(H,15,16)/p-1. The van der Waals surface area contributed by atoms with Crippen molar-refractivity contribution in [2.45, 2.75) is 19.0 Å². The minimum atomic E-state index is -1.70. The van der Waals surface area contributed by atoms with E-state index in [1.807, 2.05) is 5.32 Å². The average Bonchev–Trinajstić information content (AvgIpc) is 2.55. The lowest BCUT2D eigenvalue weighted by Crippen LogP contribution is -2.59. The Morgan fingerprint density at radius 2 is 1.88 bits per heavy atom. The van der Waals surface area contributed by atoms with E-state index in [1.165, 1.54) is 0 Å². The summed E-state index contributed by atoms with van der Waals surface area (Å²) in [7, 11) is 0. The molecule has 1 aliphatic heterocycles. The summed E-state index contributed by atoms with van der Waals surface area (Å²) in [6.07, 6.45) is -1.78. The van der Waals surface area contributed by atoms with Crippen LogP contribution >= 0.6 is 22.6 Å². The Morgan fingerprint density at radius 3 is 2.25 bits per heavy atom. The highest BCUT2D eigenvalue weighted by molar-refractivity contribution is 14.1. The van der Waals surface area contributed by atoms with Crippen molar-refractivity contribution in [1.82, 2.24) is 10.2 Å². The molecule has 0 aliphatic carbocycles. The van der Waals surface area contributed by atoms with E-state index >= 15 is 0 Å². The molecule has 1 atom stereocenters. The normalized spacial score (nSPS) is 17.4. The highest BCUT2D eigenvalue weighted by Crippen LogP contribution is 2.14. The molecule has 1 N–H and O–H groups in total. The highest BCUT2D eigenvalue weighted by Gasteiger charge is 2.36. The second-order valence-corrected chi connectivity index (χ2v) is 3.84. The number of carboxylic acid groups (broad SMARTS) is 1. The van der Waals surface area contributed by atoms with Crippen molar-refractivity contribution in [3.05, 3.63) is 0 Å². The van der Waals surface area contributed by atoms with E-state index in [4.69, 9.17) is 0 Å². The summed E-state index contributed by atoms with van der Waals surface area (Å²) in [6.45, 7) is 0. The molecule has 0 aromatic rings. The third-order valence-corrected chi connectivity index (χ3v) is 2.68. The van der Waals surface area contributed by atoms with Crippen LogP contribution in [-0.4, -0.2) is 39.2 Å². The van der Waals surface area contributed by atoms with Gasteiger partial charge in [-0.1, -0.05) is 22.6 Å². The van der Waals surface area contributed by atoms with E-state index in [1.54, 1.807) is 22.6 Å². The Hall–Kier alpha value is -1.19. The summed E-state index contributed by atoms with van der Waals surface area (Å²) in [6, 6.07) is 0. The number of alkyl halides is 1. The number of imide groups is 1. The first-order chi connectivity index (χ1) is 7.47. The zero-order valence-corrected chi connectivity index (χ0v) is 10.2. The first-order valence-corrected chi connectivity index (χ1v) is 5.91. The molecule has 1 rings (SSSR count). The molecule has 0 bridgehead atoms. The molecule has 8 heteroatoms. The maximum atomic E-state index is 11.3. The number of carboxylic acids is 1. The van der Waals surface area contributed by atoms with Gasteiger partial charge in [-0.2, -0.15) is 0 Å². The van der Waals surface area contributed by atoms with Crippen molar-refractivity contribution in [3.63, 3.8) is 0 Å². The molecule has 0 spiro atoms. The Bertz CT molecular complexity index is 340. The summed E-state index contributed by atoms with van der Waals surface area (Å²) in [5.41, 5.74) is 0. The van der Waals surface area contributed by atoms with E-state index < -0.39 is 29.9 Å². The lowest BCUT2D eigenvalue weighted by Gasteiger charge is -2.27.